The number of aromatic nitrogens is 1. The largest absolute Gasteiger partial charge is 0.416 e. The molecule has 2 aromatic carbocycles. The second-order valence-electron chi connectivity index (χ2n) is 6.53. The number of alkyl halides is 3. The monoisotopic (exact) mass is 490 g/mol. The zero-order valence-electron chi connectivity index (χ0n) is 15.8. The maximum absolute atomic E-state index is 12.6. The van der Waals surface area contributed by atoms with Gasteiger partial charge in [-0.1, -0.05) is 12.1 Å². The third-order valence-electron chi connectivity index (χ3n) is 4.31. The molecule has 0 bridgehead atoms. The van der Waals surface area contributed by atoms with Crippen molar-refractivity contribution >= 4 is 36.3 Å². The average molecular weight is 491 g/mol. The fraction of sp³-hybridized carbons (Fsp3) is 0.211. The normalized spacial score (nSPS) is 12.6. The summed E-state index contributed by atoms with van der Waals surface area (Å²) in [7, 11) is -7.57. The van der Waals surface area contributed by atoms with Crippen molar-refractivity contribution < 1.29 is 30.0 Å². The lowest BCUT2D eigenvalue weighted by Gasteiger charge is -2.09. The molecule has 0 atom stereocenters. The van der Waals surface area contributed by atoms with E-state index in [1.54, 1.807) is 5.38 Å². The molecule has 1 heterocycles. The van der Waals surface area contributed by atoms with E-state index >= 15 is 0 Å². The summed E-state index contributed by atoms with van der Waals surface area (Å²) in [4.78, 5) is 3.70. The highest BCUT2D eigenvalue weighted by atomic mass is 32.2. The Balaban J connectivity index is 1.61. The minimum Gasteiger partial charge on any atom is -0.255 e. The number of thiazole rings is 1. The lowest BCUT2D eigenvalue weighted by molar-refractivity contribution is -0.137. The lowest BCUT2D eigenvalue weighted by atomic mass is 10.1. The van der Waals surface area contributed by atoms with Crippen molar-refractivity contribution in [3.05, 3.63) is 71.2 Å². The maximum atomic E-state index is 12.6. The van der Waals surface area contributed by atoms with Crippen LogP contribution in [0.4, 0.5) is 18.3 Å². The van der Waals surface area contributed by atoms with Gasteiger partial charge in [-0.15, -0.1) is 11.3 Å². The number of hydrogen-bond acceptors (Lipinski definition) is 6. The van der Waals surface area contributed by atoms with Crippen LogP contribution in [0, 0.1) is 0 Å². The molecule has 0 aliphatic heterocycles. The number of nitrogens with zero attached hydrogens (tertiary/aromatic N) is 1. The van der Waals surface area contributed by atoms with E-state index in [9.17, 15) is 30.0 Å². The molecule has 166 valence electrons. The third-order valence-corrected chi connectivity index (χ3v) is 8.30. The van der Waals surface area contributed by atoms with E-state index in [0.717, 1.165) is 23.5 Å². The molecule has 0 aliphatic carbocycles. The molecular formula is C19H17F3N2O4S3. The van der Waals surface area contributed by atoms with Gasteiger partial charge in [0.2, 0.25) is 0 Å². The van der Waals surface area contributed by atoms with Gasteiger partial charge < -0.3 is 0 Å². The first kappa shape index (κ1) is 23.2. The van der Waals surface area contributed by atoms with Crippen molar-refractivity contribution in [2.75, 3.05) is 10.5 Å². The van der Waals surface area contributed by atoms with Crippen molar-refractivity contribution in [1.82, 2.24) is 4.98 Å². The highest BCUT2D eigenvalue weighted by molar-refractivity contribution is 7.93. The molecule has 31 heavy (non-hydrogen) atoms. The quantitative estimate of drug-likeness (QED) is 0.506. The second kappa shape index (κ2) is 8.97. The van der Waals surface area contributed by atoms with E-state index in [2.05, 4.69) is 9.71 Å². The van der Waals surface area contributed by atoms with Gasteiger partial charge in [0.05, 0.1) is 21.1 Å². The van der Waals surface area contributed by atoms with Crippen molar-refractivity contribution in [3.63, 3.8) is 0 Å². The van der Waals surface area contributed by atoms with Crippen LogP contribution in [0.15, 0.2) is 69.9 Å². The highest BCUT2D eigenvalue weighted by Gasteiger charge is 2.29. The average Bonchev–Trinajstić information content (AvgIpc) is 3.20. The molecule has 0 aliphatic rings. The molecule has 0 unspecified atom stereocenters. The number of benzene rings is 2. The Kier molecular flexibility index (Phi) is 6.72. The summed E-state index contributed by atoms with van der Waals surface area (Å²) in [5.41, 5.74) is -0.166. The first-order chi connectivity index (χ1) is 14.5. The van der Waals surface area contributed by atoms with Crippen LogP contribution in [0.2, 0.25) is 0 Å². The molecule has 0 radical (unpaired) electrons. The lowest BCUT2D eigenvalue weighted by Crippen LogP contribution is -2.13. The van der Waals surface area contributed by atoms with E-state index in [1.165, 1.54) is 42.6 Å². The van der Waals surface area contributed by atoms with Crippen LogP contribution in [-0.4, -0.2) is 27.6 Å². The molecule has 3 aromatic rings. The fourth-order valence-corrected chi connectivity index (χ4v) is 5.82. The van der Waals surface area contributed by atoms with E-state index in [-0.39, 0.29) is 27.1 Å². The number of aryl methyl sites for hydroxylation is 1. The molecular weight excluding hydrogens is 473 g/mol. The molecule has 0 spiro atoms. The van der Waals surface area contributed by atoms with Gasteiger partial charge in [0.15, 0.2) is 15.0 Å². The van der Waals surface area contributed by atoms with E-state index in [1.807, 2.05) is 0 Å². The number of sulfone groups is 1. The van der Waals surface area contributed by atoms with Crippen molar-refractivity contribution in [1.29, 1.82) is 0 Å². The number of rotatable bonds is 8. The van der Waals surface area contributed by atoms with Crippen molar-refractivity contribution in [2.24, 2.45) is 0 Å². The molecule has 1 aromatic heterocycles. The number of nitrogens with one attached hydrogen (secondary N) is 1. The zero-order chi connectivity index (χ0) is 22.7. The highest BCUT2D eigenvalue weighted by Crippen LogP contribution is 2.29. The van der Waals surface area contributed by atoms with Crippen molar-refractivity contribution in [2.45, 2.75) is 28.8 Å². The molecule has 0 saturated heterocycles. The zero-order valence-corrected chi connectivity index (χ0v) is 18.3. The molecule has 1 N–H and O–H groups in total. The molecule has 3 rings (SSSR count). The van der Waals surface area contributed by atoms with Crippen LogP contribution in [0.3, 0.4) is 0 Å². The van der Waals surface area contributed by atoms with Crippen LogP contribution >= 0.6 is 11.3 Å². The second-order valence-corrected chi connectivity index (χ2v) is 11.2. The Bertz CT molecular complexity index is 1220. The van der Waals surface area contributed by atoms with Gasteiger partial charge in [-0.3, -0.25) is 4.72 Å². The number of hydrogen-bond donors (Lipinski definition) is 1. The van der Waals surface area contributed by atoms with Gasteiger partial charge in [-0.05, 0) is 54.8 Å². The Morgan fingerprint density at radius 3 is 2.06 bits per heavy atom. The number of halogens is 3. The number of anilines is 1. The standard InChI is InChI=1S/C19H17F3N2O4S3/c20-19(21,22)15-5-3-14(4-6-15)2-1-13-30(25,26)16-7-9-17(10-8-16)31(27,28)24-18-23-11-12-29-18/h3-12H,1-2,13H2,(H,23,24). The van der Waals surface area contributed by atoms with Crippen molar-refractivity contribution in [3.8, 4) is 0 Å². The predicted molar refractivity (Wildman–Crippen MR) is 111 cm³/mol. The summed E-state index contributed by atoms with van der Waals surface area (Å²) in [6, 6.07) is 9.38. The smallest absolute Gasteiger partial charge is 0.255 e. The summed E-state index contributed by atoms with van der Waals surface area (Å²) < 4.78 is 89.7. The summed E-state index contributed by atoms with van der Waals surface area (Å²) in [6.07, 6.45) is -2.47. The van der Waals surface area contributed by atoms with Gasteiger partial charge in [-0.25, -0.2) is 21.8 Å². The molecule has 0 fully saturated rings. The van der Waals surface area contributed by atoms with Crippen LogP contribution in [-0.2, 0) is 32.5 Å². The van der Waals surface area contributed by atoms with Crippen LogP contribution < -0.4 is 4.72 Å². The van der Waals surface area contributed by atoms with E-state index in [4.69, 9.17) is 0 Å². The van der Waals surface area contributed by atoms with Gasteiger partial charge in [-0.2, -0.15) is 13.2 Å². The Labute approximate surface area is 181 Å². The molecule has 12 heteroatoms. The predicted octanol–water partition coefficient (Wildman–Crippen LogP) is 4.37. The van der Waals surface area contributed by atoms with Gasteiger partial charge in [0.25, 0.3) is 10.0 Å². The minimum absolute atomic E-state index is 0.0342. The first-order valence-electron chi connectivity index (χ1n) is 8.89. The van der Waals surface area contributed by atoms with Crippen LogP contribution in [0.1, 0.15) is 17.5 Å². The summed E-state index contributed by atoms with van der Waals surface area (Å²) in [5, 5.41) is 1.80. The number of sulfonamides is 1. The molecule has 0 saturated carbocycles. The van der Waals surface area contributed by atoms with E-state index < -0.39 is 31.6 Å². The minimum atomic E-state index is -4.42. The van der Waals surface area contributed by atoms with Crippen LogP contribution in [0.25, 0.3) is 0 Å². The Hall–Kier alpha value is -2.44. The molecule has 0 amide bonds. The SMILES string of the molecule is O=S(=O)(CCCc1ccc(C(F)(F)F)cc1)c1ccc(S(=O)(=O)Nc2nccs2)cc1. The summed E-state index contributed by atoms with van der Waals surface area (Å²) >= 11 is 1.11. The van der Waals surface area contributed by atoms with Crippen LogP contribution in [0.5, 0.6) is 0 Å². The Morgan fingerprint density at radius 1 is 0.903 bits per heavy atom. The maximum Gasteiger partial charge on any atom is 0.416 e. The summed E-state index contributed by atoms with van der Waals surface area (Å²) in [5.74, 6) is -0.225. The topological polar surface area (TPSA) is 93.2 Å². The van der Waals surface area contributed by atoms with Gasteiger partial charge >= 0.3 is 6.18 Å². The first-order valence-corrected chi connectivity index (χ1v) is 12.9. The Morgan fingerprint density at radius 2 is 1.52 bits per heavy atom. The van der Waals surface area contributed by atoms with E-state index in [0.29, 0.717) is 12.0 Å². The molecule has 6 nitrogen and oxygen atoms in total. The third kappa shape index (κ3) is 6.05. The van der Waals surface area contributed by atoms with Gasteiger partial charge in [0.1, 0.15) is 0 Å². The summed E-state index contributed by atoms with van der Waals surface area (Å²) in [6.45, 7) is 0. The fourth-order valence-electron chi connectivity index (χ4n) is 2.72. The van der Waals surface area contributed by atoms with Gasteiger partial charge in [0, 0.05) is 11.6 Å².